The molecule has 0 bridgehead atoms. The monoisotopic (exact) mass is 526 g/mol. The van der Waals surface area contributed by atoms with Crippen molar-refractivity contribution in [2.45, 2.75) is 37.2 Å². The van der Waals surface area contributed by atoms with Crippen molar-refractivity contribution in [2.75, 3.05) is 18.9 Å². The second kappa shape index (κ2) is 12.2. The number of thioether (sulfide) groups is 1. The third-order valence-corrected chi connectivity index (χ3v) is 7.12. The van der Waals surface area contributed by atoms with Crippen LogP contribution in [0.25, 0.3) is 10.9 Å². The zero-order valence-electron chi connectivity index (χ0n) is 19.7. The van der Waals surface area contributed by atoms with Gasteiger partial charge in [-0.2, -0.15) is 0 Å². The predicted octanol–water partition coefficient (Wildman–Crippen LogP) is 3.55. The van der Waals surface area contributed by atoms with Crippen LogP contribution in [0.1, 0.15) is 28.8 Å². The molecule has 1 fully saturated rings. The summed E-state index contributed by atoms with van der Waals surface area (Å²) in [6.45, 7) is 5.43. The van der Waals surface area contributed by atoms with Crippen molar-refractivity contribution in [3.05, 3.63) is 81.6 Å². The highest BCUT2D eigenvalue weighted by molar-refractivity contribution is 7.99. The fraction of sp³-hybridized carbons (Fsp3) is 0.308. The Balaban J connectivity index is 1.49. The highest BCUT2D eigenvalue weighted by Crippen LogP contribution is 2.20. The van der Waals surface area contributed by atoms with Crippen molar-refractivity contribution in [3.63, 3.8) is 0 Å². The number of nitrogens with zero attached hydrogens (tertiary/aromatic N) is 2. The van der Waals surface area contributed by atoms with E-state index in [1.54, 1.807) is 30.3 Å². The number of hydrogen-bond acceptors (Lipinski definition) is 6. The Morgan fingerprint density at radius 3 is 2.83 bits per heavy atom. The molecule has 1 atom stereocenters. The Kier molecular flexibility index (Phi) is 8.79. The molecule has 0 radical (unpaired) electrons. The summed E-state index contributed by atoms with van der Waals surface area (Å²) in [4.78, 5) is 42.9. The van der Waals surface area contributed by atoms with Crippen LogP contribution in [0.15, 0.2) is 65.1 Å². The van der Waals surface area contributed by atoms with Crippen LogP contribution >= 0.6 is 23.4 Å². The first-order valence-electron chi connectivity index (χ1n) is 11.6. The number of benzene rings is 2. The molecular formula is C26H27ClN4O4S. The minimum absolute atomic E-state index is 0.0331. The number of carbonyl (C=O) groups excluding carboxylic acids is 2. The normalized spacial score (nSPS) is 15.1. The van der Waals surface area contributed by atoms with Crippen LogP contribution < -0.4 is 16.2 Å². The van der Waals surface area contributed by atoms with Crippen molar-refractivity contribution in [2.24, 2.45) is 0 Å². The SMILES string of the molecule is C=CCn1c(SCC(=O)NCc2ccccc2Cl)nc2cc(C(=O)NCC3CCCO3)ccc2c1=O. The van der Waals surface area contributed by atoms with Gasteiger partial charge in [0, 0.05) is 36.8 Å². The lowest BCUT2D eigenvalue weighted by Crippen LogP contribution is -2.31. The van der Waals surface area contributed by atoms with E-state index >= 15 is 0 Å². The van der Waals surface area contributed by atoms with Gasteiger partial charge in [-0.3, -0.25) is 19.0 Å². The van der Waals surface area contributed by atoms with Gasteiger partial charge in [-0.05, 0) is 42.7 Å². The van der Waals surface area contributed by atoms with Gasteiger partial charge in [-0.15, -0.1) is 6.58 Å². The van der Waals surface area contributed by atoms with E-state index in [1.807, 2.05) is 18.2 Å². The smallest absolute Gasteiger partial charge is 0.262 e. The van der Waals surface area contributed by atoms with E-state index in [4.69, 9.17) is 16.3 Å². The summed E-state index contributed by atoms with van der Waals surface area (Å²) in [6, 6.07) is 12.1. The maximum Gasteiger partial charge on any atom is 0.262 e. The van der Waals surface area contributed by atoms with Gasteiger partial charge in [0.2, 0.25) is 5.91 Å². The molecule has 0 saturated carbocycles. The molecule has 4 rings (SSSR count). The largest absolute Gasteiger partial charge is 0.376 e. The molecule has 10 heteroatoms. The second-order valence-electron chi connectivity index (χ2n) is 8.33. The Hall–Kier alpha value is -3.14. The molecule has 36 heavy (non-hydrogen) atoms. The molecule has 1 aliphatic heterocycles. The zero-order valence-corrected chi connectivity index (χ0v) is 21.2. The van der Waals surface area contributed by atoms with Crippen molar-refractivity contribution in [1.82, 2.24) is 20.2 Å². The minimum atomic E-state index is -0.259. The number of allylic oxidation sites excluding steroid dienone is 1. The molecule has 1 aliphatic rings. The number of nitrogens with one attached hydrogen (secondary N) is 2. The van der Waals surface area contributed by atoms with Crippen LogP contribution in [0.3, 0.4) is 0 Å². The number of rotatable bonds is 10. The van der Waals surface area contributed by atoms with Crippen molar-refractivity contribution in [1.29, 1.82) is 0 Å². The highest BCUT2D eigenvalue weighted by Gasteiger charge is 2.18. The van der Waals surface area contributed by atoms with Gasteiger partial charge in [-0.25, -0.2) is 4.98 Å². The molecule has 1 saturated heterocycles. The molecule has 2 N–H and O–H groups in total. The molecule has 2 amide bonds. The van der Waals surface area contributed by atoms with E-state index < -0.39 is 0 Å². The number of ether oxygens (including phenoxy) is 1. The maximum atomic E-state index is 13.1. The molecule has 2 aromatic carbocycles. The predicted molar refractivity (Wildman–Crippen MR) is 142 cm³/mol. The number of hydrogen-bond donors (Lipinski definition) is 2. The van der Waals surface area contributed by atoms with Crippen LogP contribution in [0.4, 0.5) is 0 Å². The summed E-state index contributed by atoms with van der Waals surface area (Å²) in [6.07, 6.45) is 3.56. The quantitative estimate of drug-likeness (QED) is 0.238. The van der Waals surface area contributed by atoms with E-state index in [2.05, 4.69) is 22.2 Å². The van der Waals surface area contributed by atoms with Gasteiger partial charge in [0.05, 0.1) is 22.8 Å². The first-order valence-corrected chi connectivity index (χ1v) is 13.0. The van der Waals surface area contributed by atoms with E-state index in [9.17, 15) is 14.4 Å². The minimum Gasteiger partial charge on any atom is -0.376 e. The standard InChI is InChI=1S/C26H27ClN4O4S/c1-2-11-31-25(34)20-10-9-17(24(33)29-15-19-7-5-12-35-19)13-22(20)30-26(31)36-16-23(32)28-14-18-6-3-4-8-21(18)27/h2-4,6,8-10,13,19H,1,5,7,11-12,14-16H2,(H,28,32)(H,29,33). The first kappa shape index (κ1) is 25.9. The average Bonchev–Trinajstić information content (AvgIpc) is 3.41. The van der Waals surface area contributed by atoms with Gasteiger partial charge in [0.15, 0.2) is 5.16 Å². The van der Waals surface area contributed by atoms with Gasteiger partial charge in [-0.1, -0.05) is 47.6 Å². The fourth-order valence-electron chi connectivity index (χ4n) is 3.87. The third kappa shape index (κ3) is 6.34. The maximum absolute atomic E-state index is 13.1. The van der Waals surface area contributed by atoms with E-state index in [1.165, 1.54) is 4.57 Å². The van der Waals surface area contributed by atoms with Gasteiger partial charge in [0.1, 0.15) is 0 Å². The summed E-state index contributed by atoms with van der Waals surface area (Å²) in [5.74, 6) is -0.416. The summed E-state index contributed by atoms with van der Waals surface area (Å²) in [5.41, 5.74) is 1.35. The molecule has 0 aliphatic carbocycles. The molecular weight excluding hydrogens is 500 g/mol. The van der Waals surface area contributed by atoms with E-state index in [0.717, 1.165) is 36.8 Å². The third-order valence-electron chi connectivity index (χ3n) is 5.77. The van der Waals surface area contributed by atoms with Crippen LogP contribution in [-0.2, 0) is 22.6 Å². The lowest BCUT2D eigenvalue weighted by Gasteiger charge is -2.13. The van der Waals surface area contributed by atoms with Crippen LogP contribution in [0, 0.1) is 0 Å². The Morgan fingerprint density at radius 1 is 1.25 bits per heavy atom. The zero-order chi connectivity index (χ0) is 25.5. The summed E-state index contributed by atoms with van der Waals surface area (Å²) >= 11 is 7.29. The topological polar surface area (TPSA) is 102 Å². The molecule has 1 unspecified atom stereocenters. The molecule has 0 spiro atoms. The average molecular weight is 527 g/mol. The number of aromatic nitrogens is 2. The summed E-state index contributed by atoms with van der Waals surface area (Å²) in [7, 11) is 0. The van der Waals surface area contributed by atoms with Gasteiger partial charge >= 0.3 is 0 Å². The molecule has 188 valence electrons. The Morgan fingerprint density at radius 2 is 2.08 bits per heavy atom. The van der Waals surface area contributed by atoms with Crippen molar-refractivity contribution in [3.8, 4) is 0 Å². The van der Waals surface area contributed by atoms with Crippen molar-refractivity contribution >= 4 is 46.1 Å². The fourth-order valence-corrected chi connectivity index (χ4v) is 4.91. The number of carbonyl (C=O) groups is 2. The van der Waals surface area contributed by atoms with Gasteiger partial charge < -0.3 is 15.4 Å². The van der Waals surface area contributed by atoms with Crippen LogP contribution in [0.5, 0.6) is 0 Å². The molecule has 2 heterocycles. The highest BCUT2D eigenvalue weighted by atomic mass is 35.5. The second-order valence-corrected chi connectivity index (χ2v) is 9.68. The summed E-state index contributed by atoms with van der Waals surface area (Å²) < 4.78 is 7.02. The first-order chi connectivity index (χ1) is 17.5. The van der Waals surface area contributed by atoms with Gasteiger partial charge in [0.25, 0.3) is 11.5 Å². The Bertz CT molecular complexity index is 1340. The number of amides is 2. The molecule has 1 aromatic heterocycles. The molecule has 8 nitrogen and oxygen atoms in total. The van der Waals surface area contributed by atoms with E-state index in [-0.39, 0.29) is 35.8 Å². The van der Waals surface area contributed by atoms with Crippen molar-refractivity contribution < 1.29 is 14.3 Å². The van der Waals surface area contributed by atoms with Crippen LogP contribution in [-0.4, -0.2) is 46.4 Å². The number of halogens is 1. The van der Waals surface area contributed by atoms with Crippen LogP contribution in [0.2, 0.25) is 5.02 Å². The Labute approximate surface area is 218 Å². The lowest BCUT2D eigenvalue weighted by molar-refractivity contribution is -0.118. The molecule has 3 aromatic rings. The lowest BCUT2D eigenvalue weighted by atomic mass is 10.1. The van der Waals surface area contributed by atoms with E-state index in [0.29, 0.717) is 39.7 Å². The number of fused-ring (bicyclic) bond motifs is 1. The summed E-state index contributed by atoms with van der Waals surface area (Å²) in [5, 5.41) is 7.06.